The summed E-state index contributed by atoms with van der Waals surface area (Å²) in [7, 11) is 1.41. The molecule has 1 amide bonds. The van der Waals surface area contributed by atoms with Crippen molar-refractivity contribution in [3.63, 3.8) is 0 Å². The van der Waals surface area contributed by atoms with Crippen molar-refractivity contribution < 1.29 is 9.53 Å². The summed E-state index contributed by atoms with van der Waals surface area (Å²) in [6.45, 7) is 4.23. The Hall–Kier alpha value is -4.42. The minimum Gasteiger partial charge on any atom is -0.492 e. The molecule has 2 aromatic carbocycles. The van der Waals surface area contributed by atoms with E-state index < -0.39 is 11.2 Å². The molecule has 0 aliphatic carbocycles. The van der Waals surface area contributed by atoms with Crippen molar-refractivity contribution in [2.45, 2.75) is 0 Å². The van der Waals surface area contributed by atoms with Crippen LogP contribution < -0.4 is 21.7 Å². The van der Waals surface area contributed by atoms with Crippen molar-refractivity contribution in [2.75, 3.05) is 45.9 Å². The Morgan fingerprint density at radius 3 is 2.37 bits per heavy atom. The Morgan fingerprint density at radius 1 is 0.974 bits per heavy atom. The molecular formula is C26H28N8O4. The summed E-state index contributed by atoms with van der Waals surface area (Å²) in [6, 6.07) is 16.1. The van der Waals surface area contributed by atoms with Crippen LogP contribution in [0.25, 0.3) is 28.2 Å². The molecule has 0 bridgehead atoms. The molecule has 3 heterocycles. The third-order valence-electron chi connectivity index (χ3n) is 6.57. The Balaban J connectivity index is 1.29. The van der Waals surface area contributed by atoms with Gasteiger partial charge in [-0.2, -0.15) is 0 Å². The second kappa shape index (κ2) is 10.9. The summed E-state index contributed by atoms with van der Waals surface area (Å²) in [6.07, 6.45) is 0. The average molecular weight is 517 g/mol. The molecule has 5 rings (SSSR count). The van der Waals surface area contributed by atoms with E-state index in [4.69, 9.17) is 10.5 Å². The molecule has 1 saturated heterocycles. The molecule has 1 aliphatic heterocycles. The number of nitrogens with zero attached hydrogens (tertiary/aromatic N) is 7. The number of fused-ring (bicyclic) bond motifs is 1. The van der Waals surface area contributed by atoms with E-state index in [1.807, 2.05) is 18.2 Å². The number of hydrogen-bond acceptors (Lipinski definition) is 9. The number of amides is 1. The minimum atomic E-state index is -0.540. The molecule has 12 heteroatoms. The molecule has 2 N–H and O–H groups in total. The molecule has 196 valence electrons. The van der Waals surface area contributed by atoms with E-state index in [2.05, 4.69) is 20.1 Å². The Kier molecular flexibility index (Phi) is 7.24. The van der Waals surface area contributed by atoms with Crippen LogP contribution in [0.5, 0.6) is 5.75 Å². The highest BCUT2D eigenvalue weighted by Crippen LogP contribution is 2.20. The lowest BCUT2D eigenvalue weighted by molar-refractivity contribution is -0.131. The van der Waals surface area contributed by atoms with Crippen LogP contribution in [0.1, 0.15) is 0 Å². The van der Waals surface area contributed by atoms with Crippen LogP contribution in [0.15, 0.2) is 64.2 Å². The molecular weight excluding hydrogens is 488 g/mol. The van der Waals surface area contributed by atoms with Crippen LogP contribution in [-0.2, 0) is 11.8 Å². The topological polar surface area (TPSA) is 141 Å². The molecule has 1 fully saturated rings. The number of rotatable bonds is 7. The lowest BCUT2D eigenvalue weighted by Crippen LogP contribution is -2.50. The predicted molar refractivity (Wildman–Crippen MR) is 141 cm³/mol. The maximum absolute atomic E-state index is 12.9. The lowest BCUT2D eigenvalue weighted by Gasteiger charge is -2.34. The lowest BCUT2D eigenvalue weighted by atomic mass is 10.2. The summed E-state index contributed by atoms with van der Waals surface area (Å²) < 4.78 is 8.23. The summed E-state index contributed by atoms with van der Waals surface area (Å²) >= 11 is 0. The Bertz CT molecular complexity index is 1560. The molecule has 1 aliphatic rings. The molecule has 0 spiro atoms. The van der Waals surface area contributed by atoms with E-state index in [1.54, 1.807) is 41.3 Å². The van der Waals surface area contributed by atoms with Crippen molar-refractivity contribution in [1.29, 1.82) is 0 Å². The first kappa shape index (κ1) is 25.2. The number of benzene rings is 2. The quantitative estimate of drug-likeness (QED) is 0.360. The van der Waals surface area contributed by atoms with Crippen LogP contribution in [0, 0.1) is 0 Å². The standard InChI is InChI=1S/C26H28N8O4/c1-31-25(36)22-24(34(26(31)37)19-5-3-2-4-6-19)30-29-23(28-22)18-7-9-20(10-8-18)38-16-15-32-11-13-33(14-12-32)21(35)17-27/h2-10H,11-17,27H2,1H3. The average Bonchev–Trinajstić information content (AvgIpc) is 2.97. The zero-order valence-electron chi connectivity index (χ0n) is 21.0. The number of aromatic nitrogens is 5. The monoisotopic (exact) mass is 516 g/mol. The van der Waals surface area contributed by atoms with Crippen molar-refractivity contribution in [3.8, 4) is 22.8 Å². The van der Waals surface area contributed by atoms with Gasteiger partial charge in [-0.3, -0.25) is 19.1 Å². The van der Waals surface area contributed by atoms with Gasteiger partial charge in [0.25, 0.3) is 5.56 Å². The number of piperazine rings is 1. The van der Waals surface area contributed by atoms with Crippen molar-refractivity contribution >= 4 is 17.1 Å². The normalized spacial score (nSPS) is 14.1. The highest BCUT2D eigenvalue weighted by atomic mass is 16.5. The summed E-state index contributed by atoms with van der Waals surface area (Å²) in [5, 5.41) is 8.41. The van der Waals surface area contributed by atoms with Crippen LogP contribution in [0.3, 0.4) is 0 Å². The van der Waals surface area contributed by atoms with Gasteiger partial charge in [-0.05, 0) is 36.4 Å². The van der Waals surface area contributed by atoms with Crippen LogP contribution in [0.2, 0.25) is 0 Å². The number of ether oxygens (including phenoxy) is 1. The van der Waals surface area contributed by atoms with Crippen molar-refractivity contribution in [1.82, 2.24) is 34.1 Å². The Labute approximate surface area is 217 Å². The zero-order valence-corrected chi connectivity index (χ0v) is 21.0. The maximum Gasteiger partial charge on any atom is 0.337 e. The molecule has 38 heavy (non-hydrogen) atoms. The molecule has 0 atom stereocenters. The Morgan fingerprint density at radius 2 is 1.68 bits per heavy atom. The first-order valence-corrected chi connectivity index (χ1v) is 12.3. The minimum absolute atomic E-state index is 0.0162. The number of nitrogens with two attached hydrogens (primary N) is 1. The largest absolute Gasteiger partial charge is 0.492 e. The van der Waals surface area contributed by atoms with Crippen LogP contribution in [-0.4, -0.2) is 85.9 Å². The summed E-state index contributed by atoms with van der Waals surface area (Å²) in [5.74, 6) is 0.940. The van der Waals surface area contributed by atoms with E-state index in [9.17, 15) is 14.4 Å². The van der Waals surface area contributed by atoms with E-state index in [0.29, 0.717) is 36.7 Å². The first-order chi connectivity index (χ1) is 18.5. The zero-order chi connectivity index (χ0) is 26.6. The number of carbonyl (C=O) groups excluding carboxylic acids is 1. The molecule has 0 saturated carbocycles. The van der Waals surface area contributed by atoms with Gasteiger partial charge in [-0.15, -0.1) is 10.2 Å². The molecule has 0 unspecified atom stereocenters. The van der Waals surface area contributed by atoms with Gasteiger partial charge in [0.05, 0.1) is 12.2 Å². The highest BCUT2D eigenvalue weighted by Gasteiger charge is 2.20. The van der Waals surface area contributed by atoms with Crippen molar-refractivity contribution in [2.24, 2.45) is 12.8 Å². The molecule has 12 nitrogen and oxygen atoms in total. The highest BCUT2D eigenvalue weighted by molar-refractivity contribution is 5.78. The first-order valence-electron chi connectivity index (χ1n) is 12.3. The predicted octanol–water partition coefficient (Wildman–Crippen LogP) is 0.0231. The van der Waals surface area contributed by atoms with Gasteiger partial charge >= 0.3 is 5.69 Å². The van der Waals surface area contributed by atoms with E-state index in [0.717, 1.165) is 24.2 Å². The van der Waals surface area contributed by atoms with Gasteiger partial charge in [0.2, 0.25) is 5.91 Å². The smallest absolute Gasteiger partial charge is 0.337 e. The van der Waals surface area contributed by atoms with E-state index >= 15 is 0 Å². The van der Waals surface area contributed by atoms with Crippen LogP contribution in [0.4, 0.5) is 0 Å². The summed E-state index contributed by atoms with van der Waals surface area (Å²) in [4.78, 5) is 45.9. The number of para-hydroxylation sites is 1. The van der Waals surface area contributed by atoms with Gasteiger partial charge in [-0.25, -0.2) is 14.3 Å². The van der Waals surface area contributed by atoms with Gasteiger partial charge in [-0.1, -0.05) is 18.2 Å². The van der Waals surface area contributed by atoms with Crippen molar-refractivity contribution in [3.05, 3.63) is 75.4 Å². The second-order valence-electron chi connectivity index (χ2n) is 8.92. The maximum atomic E-state index is 12.9. The fraction of sp³-hybridized carbons (Fsp3) is 0.308. The number of hydrogen-bond donors (Lipinski definition) is 1. The summed E-state index contributed by atoms with van der Waals surface area (Å²) in [5.41, 5.74) is 5.75. The second-order valence-corrected chi connectivity index (χ2v) is 8.92. The van der Waals surface area contributed by atoms with Gasteiger partial charge in [0.15, 0.2) is 17.0 Å². The van der Waals surface area contributed by atoms with Gasteiger partial charge in [0.1, 0.15) is 12.4 Å². The van der Waals surface area contributed by atoms with Gasteiger partial charge in [0, 0.05) is 45.3 Å². The third-order valence-corrected chi connectivity index (χ3v) is 6.57. The number of carbonyl (C=O) groups is 1. The molecule has 0 radical (unpaired) electrons. The molecule has 2 aromatic heterocycles. The van der Waals surface area contributed by atoms with E-state index in [1.165, 1.54) is 11.6 Å². The molecule has 4 aromatic rings. The fourth-order valence-electron chi connectivity index (χ4n) is 4.38. The fourth-order valence-corrected chi connectivity index (χ4v) is 4.38. The van der Waals surface area contributed by atoms with Crippen LogP contribution >= 0.6 is 0 Å². The van der Waals surface area contributed by atoms with E-state index in [-0.39, 0.29) is 29.4 Å². The van der Waals surface area contributed by atoms with Gasteiger partial charge < -0.3 is 15.4 Å². The third kappa shape index (κ3) is 5.04. The SMILES string of the molecule is Cn1c(=O)c2nc(-c3ccc(OCCN4CCN(C(=O)CN)CC4)cc3)nnc2n(-c2ccccc2)c1=O.